The molecule has 0 heterocycles. The molecule has 0 aliphatic heterocycles. The molecule has 0 bridgehead atoms. The number of benzene rings is 8. The number of para-hydroxylation sites is 1. The topological polar surface area (TPSA) is 3.24 Å². The van der Waals surface area contributed by atoms with Crippen molar-refractivity contribution in [1.82, 2.24) is 0 Å². The third-order valence-electron chi connectivity index (χ3n) is 8.45. The molecule has 202 valence electrons. The maximum absolute atomic E-state index is 2.35. The summed E-state index contributed by atoms with van der Waals surface area (Å²) < 4.78 is 0. The first kappa shape index (κ1) is 25.1. The third kappa shape index (κ3) is 4.52. The SMILES string of the molecule is c1ccc(-c2ccccc2-c2ccc(N(c3ccccc3)c3ccc4ccc5c6ccccc6ccc5c4c3)cc2)cc1. The molecule has 0 aliphatic rings. The minimum absolute atomic E-state index is 1.12. The monoisotopic (exact) mass is 547 g/mol. The Bertz CT molecular complexity index is 2220. The van der Waals surface area contributed by atoms with Gasteiger partial charge in [0.15, 0.2) is 0 Å². The van der Waals surface area contributed by atoms with Crippen molar-refractivity contribution in [2.75, 3.05) is 4.90 Å². The summed E-state index contributed by atoms with van der Waals surface area (Å²) in [5, 5.41) is 7.63. The summed E-state index contributed by atoms with van der Waals surface area (Å²) in [6.07, 6.45) is 0. The summed E-state index contributed by atoms with van der Waals surface area (Å²) in [5.41, 5.74) is 8.29. The van der Waals surface area contributed by atoms with Crippen molar-refractivity contribution >= 4 is 49.4 Å². The Morgan fingerprint density at radius 1 is 0.279 bits per heavy atom. The van der Waals surface area contributed by atoms with Crippen molar-refractivity contribution in [3.05, 3.63) is 176 Å². The Morgan fingerprint density at radius 3 is 1.49 bits per heavy atom. The van der Waals surface area contributed by atoms with Gasteiger partial charge in [-0.15, -0.1) is 0 Å². The lowest BCUT2D eigenvalue weighted by atomic mass is 9.94. The van der Waals surface area contributed by atoms with Gasteiger partial charge in [0.2, 0.25) is 0 Å². The molecule has 8 aromatic carbocycles. The number of hydrogen-bond donors (Lipinski definition) is 0. The van der Waals surface area contributed by atoms with Crippen LogP contribution in [0.3, 0.4) is 0 Å². The molecule has 0 saturated carbocycles. The van der Waals surface area contributed by atoms with E-state index in [2.05, 4.69) is 181 Å². The van der Waals surface area contributed by atoms with E-state index in [0.717, 1.165) is 17.1 Å². The van der Waals surface area contributed by atoms with Gasteiger partial charge < -0.3 is 4.90 Å². The van der Waals surface area contributed by atoms with Gasteiger partial charge in [-0.1, -0.05) is 140 Å². The summed E-state index contributed by atoms with van der Waals surface area (Å²) in [6, 6.07) is 63.4. The molecule has 0 aromatic heterocycles. The Labute approximate surface area is 251 Å². The fourth-order valence-corrected chi connectivity index (χ4v) is 6.36. The normalized spacial score (nSPS) is 11.3. The first-order chi connectivity index (χ1) is 21.3. The quantitative estimate of drug-likeness (QED) is 0.194. The van der Waals surface area contributed by atoms with Crippen molar-refractivity contribution in [2.45, 2.75) is 0 Å². The molecule has 0 saturated heterocycles. The van der Waals surface area contributed by atoms with Gasteiger partial charge in [-0.2, -0.15) is 0 Å². The molecule has 0 N–H and O–H groups in total. The number of nitrogens with zero attached hydrogens (tertiary/aromatic N) is 1. The van der Waals surface area contributed by atoms with Crippen LogP contribution in [0.5, 0.6) is 0 Å². The van der Waals surface area contributed by atoms with Crippen LogP contribution in [0.2, 0.25) is 0 Å². The lowest BCUT2D eigenvalue weighted by Crippen LogP contribution is -2.09. The summed E-state index contributed by atoms with van der Waals surface area (Å²) in [4.78, 5) is 2.35. The van der Waals surface area contributed by atoms with E-state index in [1.807, 2.05) is 0 Å². The molecule has 0 radical (unpaired) electrons. The second-order valence-corrected chi connectivity index (χ2v) is 11.0. The van der Waals surface area contributed by atoms with Crippen LogP contribution in [0.15, 0.2) is 176 Å². The molecule has 1 heteroatoms. The standard InChI is InChI=1S/C42H29N/c1-3-11-30(12-4-1)37-16-9-10-17-38(37)32-19-24-35(25-20-32)43(34-14-5-2-6-15-34)36-26-21-33-23-27-40-39-18-8-7-13-31(39)22-28-41(40)42(33)29-36/h1-29H. The zero-order chi connectivity index (χ0) is 28.6. The lowest BCUT2D eigenvalue weighted by Gasteiger charge is -2.26. The van der Waals surface area contributed by atoms with E-state index in [1.54, 1.807) is 0 Å². The fourth-order valence-electron chi connectivity index (χ4n) is 6.36. The largest absolute Gasteiger partial charge is 0.310 e. The van der Waals surface area contributed by atoms with Gasteiger partial charge >= 0.3 is 0 Å². The molecule has 0 unspecified atom stereocenters. The molecule has 43 heavy (non-hydrogen) atoms. The zero-order valence-electron chi connectivity index (χ0n) is 23.7. The highest BCUT2D eigenvalue weighted by atomic mass is 15.1. The van der Waals surface area contributed by atoms with Gasteiger partial charge in [0.1, 0.15) is 0 Å². The minimum Gasteiger partial charge on any atom is -0.310 e. The van der Waals surface area contributed by atoms with Crippen molar-refractivity contribution < 1.29 is 0 Å². The highest BCUT2D eigenvalue weighted by molar-refractivity contribution is 6.17. The molecule has 0 atom stereocenters. The first-order valence-corrected chi connectivity index (χ1v) is 14.8. The van der Waals surface area contributed by atoms with E-state index in [1.165, 1.54) is 54.6 Å². The molecule has 0 amide bonds. The highest BCUT2D eigenvalue weighted by Gasteiger charge is 2.15. The zero-order valence-corrected chi connectivity index (χ0v) is 23.7. The van der Waals surface area contributed by atoms with Crippen LogP contribution in [0, 0.1) is 0 Å². The fraction of sp³-hybridized carbons (Fsp3) is 0. The van der Waals surface area contributed by atoms with E-state index >= 15 is 0 Å². The van der Waals surface area contributed by atoms with Crippen LogP contribution >= 0.6 is 0 Å². The van der Waals surface area contributed by atoms with E-state index in [-0.39, 0.29) is 0 Å². The van der Waals surface area contributed by atoms with Gasteiger partial charge in [-0.05, 0) is 91.0 Å². The third-order valence-corrected chi connectivity index (χ3v) is 8.45. The van der Waals surface area contributed by atoms with Crippen LogP contribution in [0.1, 0.15) is 0 Å². The van der Waals surface area contributed by atoms with Crippen molar-refractivity contribution in [1.29, 1.82) is 0 Å². The molecular weight excluding hydrogens is 518 g/mol. The second kappa shape index (κ2) is 10.6. The average molecular weight is 548 g/mol. The van der Waals surface area contributed by atoms with Gasteiger partial charge in [0, 0.05) is 17.1 Å². The number of fused-ring (bicyclic) bond motifs is 5. The van der Waals surface area contributed by atoms with Gasteiger partial charge in [0.05, 0.1) is 0 Å². The van der Waals surface area contributed by atoms with Gasteiger partial charge in [-0.25, -0.2) is 0 Å². The smallest absolute Gasteiger partial charge is 0.0468 e. The van der Waals surface area contributed by atoms with Gasteiger partial charge in [-0.3, -0.25) is 0 Å². The first-order valence-electron chi connectivity index (χ1n) is 14.8. The summed E-state index contributed by atoms with van der Waals surface area (Å²) in [6.45, 7) is 0. The second-order valence-electron chi connectivity index (χ2n) is 11.0. The molecule has 1 nitrogen and oxygen atoms in total. The minimum atomic E-state index is 1.12. The van der Waals surface area contributed by atoms with E-state index in [9.17, 15) is 0 Å². The van der Waals surface area contributed by atoms with E-state index in [4.69, 9.17) is 0 Å². The molecule has 0 fully saturated rings. The van der Waals surface area contributed by atoms with Crippen molar-refractivity contribution in [3.63, 3.8) is 0 Å². The van der Waals surface area contributed by atoms with Gasteiger partial charge in [0.25, 0.3) is 0 Å². The molecule has 0 aliphatic carbocycles. The maximum atomic E-state index is 2.35. The van der Waals surface area contributed by atoms with Crippen molar-refractivity contribution in [3.8, 4) is 22.3 Å². The van der Waals surface area contributed by atoms with Crippen molar-refractivity contribution in [2.24, 2.45) is 0 Å². The summed E-state index contributed by atoms with van der Waals surface area (Å²) >= 11 is 0. The predicted molar refractivity (Wildman–Crippen MR) is 185 cm³/mol. The number of rotatable bonds is 5. The van der Waals surface area contributed by atoms with Crippen LogP contribution in [0.25, 0.3) is 54.6 Å². The Hall–Kier alpha value is -5.66. The lowest BCUT2D eigenvalue weighted by molar-refractivity contribution is 1.29. The van der Waals surface area contributed by atoms with Crippen LogP contribution < -0.4 is 4.90 Å². The highest BCUT2D eigenvalue weighted by Crippen LogP contribution is 2.40. The summed E-state index contributed by atoms with van der Waals surface area (Å²) in [5.74, 6) is 0. The van der Waals surface area contributed by atoms with E-state index < -0.39 is 0 Å². The average Bonchev–Trinajstić information content (AvgIpc) is 3.09. The predicted octanol–water partition coefficient (Wildman–Crippen LogP) is 11.9. The maximum Gasteiger partial charge on any atom is 0.0468 e. The van der Waals surface area contributed by atoms with E-state index in [0.29, 0.717) is 0 Å². The summed E-state index contributed by atoms with van der Waals surface area (Å²) in [7, 11) is 0. The van der Waals surface area contributed by atoms with Crippen LogP contribution in [0.4, 0.5) is 17.1 Å². The van der Waals surface area contributed by atoms with Crippen LogP contribution in [-0.4, -0.2) is 0 Å². The Kier molecular flexibility index (Phi) is 6.20. The van der Waals surface area contributed by atoms with Crippen LogP contribution in [-0.2, 0) is 0 Å². The Morgan fingerprint density at radius 2 is 0.767 bits per heavy atom. The number of anilines is 3. The molecule has 0 spiro atoms. The molecule has 8 aromatic rings. The Balaban J connectivity index is 1.26. The number of hydrogen-bond acceptors (Lipinski definition) is 1. The molecule has 8 rings (SSSR count). The molecular formula is C42H29N.